The maximum Gasteiger partial charge on any atom is 0.256 e. The molecule has 1 fully saturated rings. The number of anilines is 1. The van der Waals surface area contributed by atoms with Crippen LogP contribution in [0.2, 0.25) is 0 Å². The van der Waals surface area contributed by atoms with Crippen molar-refractivity contribution >= 4 is 23.4 Å². The lowest BCUT2D eigenvalue weighted by molar-refractivity contribution is -0.534. The summed E-state index contributed by atoms with van der Waals surface area (Å²) in [5, 5.41) is 15.0. The molecule has 4 rings (SSSR count). The molecular weight excluding hydrogens is 350 g/mol. The van der Waals surface area contributed by atoms with E-state index in [1.165, 1.54) is 0 Å². The summed E-state index contributed by atoms with van der Waals surface area (Å²) in [6, 6.07) is 14.1. The average Bonchev–Trinajstić information content (AvgIpc) is 3.11. The number of benzene rings is 2. The van der Waals surface area contributed by atoms with Crippen molar-refractivity contribution in [3.05, 3.63) is 69.8 Å². The summed E-state index contributed by atoms with van der Waals surface area (Å²) in [4.78, 5) is 27.8. The second-order valence-corrected chi connectivity index (χ2v) is 7.64. The van der Waals surface area contributed by atoms with Crippen molar-refractivity contribution in [3.8, 4) is 0 Å². The molecule has 0 saturated carbocycles. The van der Waals surface area contributed by atoms with E-state index in [0.29, 0.717) is 17.8 Å². The van der Waals surface area contributed by atoms with Crippen molar-refractivity contribution in [2.45, 2.75) is 22.4 Å². The second kappa shape index (κ2) is 6.10. The highest BCUT2D eigenvalue weighted by Gasteiger charge is 2.68. The van der Waals surface area contributed by atoms with E-state index in [-0.39, 0.29) is 16.7 Å². The molecule has 2 aromatic rings. The van der Waals surface area contributed by atoms with E-state index < -0.39 is 11.6 Å². The van der Waals surface area contributed by atoms with Gasteiger partial charge in [-0.2, -0.15) is 0 Å². The van der Waals surface area contributed by atoms with Crippen molar-refractivity contribution < 1.29 is 9.72 Å². The lowest BCUT2D eigenvalue weighted by Crippen LogP contribution is -2.54. The first kappa shape index (κ1) is 17.1. The van der Waals surface area contributed by atoms with Gasteiger partial charge >= 0.3 is 0 Å². The molecule has 1 spiro atoms. The first-order valence-corrected chi connectivity index (χ1v) is 9.62. The van der Waals surface area contributed by atoms with Gasteiger partial charge in [-0.1, -0.05) is 30.3 Å². The van der Waals surface area contributed by atoms with E-state index in [1.54, 1.807) is 24.9 Å². The molecule has 3 atom stereocenters. The monoisotopic (exact) mass is 369 g/mol. The zero-order chi connectivity index (χ0) is 18.5. The number of amides is 1. The number of hydrogen-bond acceptors (Lipinski definition) is 5. The Labute approximate surface area is 155 Å². The molecule has 134 valence electrons. The van der Waals surface area contributed by atoms with Gasteiger partial charge in [0.05, 0.1) is 5.92 Å². The predicted molar refractivity (Wildman–Crippen MR) is 101 cm³/mol. The summed E-state index contributed by atoms with van der Waals surface area (Å²) in [5.74, 6) is -0.672. The van der Waals surface area contributed by atoms with Crippen LogP contribution in [-0.4, -0.2) is 41.6 Å². The Balaban J connectivity index is 1.86. The van der Waals surface area contributed by atoms with Gasteiger partial charge in [-0.25, -0.2) is 0 Å². The normalized spacial score (nSPS) is 27.5. The van der Waals surface area contributed by atoms with Crippen LogP contribution < -0.4 is 5.32 Å². The molecule has 1 N–H and O–H groups in total. The van der Waals surface area contributed by atoms with Gasteiger partial charge in [0.15, 0.2) is 5.54 Å². The summed E-state index contributed by atoms with van der Waals surface area (Å²) in [6.45, 7) is 0.450. The minimum Gasteiger partial charge on any atom is -0.324 e. The number of para-hydroxylation sites is 1. The number of likely N-dealkylation sites (N-methyl/N-ethyl adjacent to an activating group) is 1. The fourth-order valence-corrected chi connectivity index (χ4v) is 4.84. The highest BCUT2D eigenvalue weighted by Crippen LogP contribution is 2.51. The molecule has 0 radical (unpaired) electrons. The van der Waals surface area contributed by atoms with Crippen LogP contribution in [0.15, 0.2) is 53.4 Å². The van der Waals surface area contributed by atoms with Crippen LogP contribution in [0.4, 0.5) is 5.69 Å². The Morgan fingerprint density at radius 1 is 1.23 bits per heavy atom. The molecular formula is C19H19N3O3S. The van der Waals surface area contributed by atoms with Crippen LogP contribution >= 0.6 is 11.8 Å². The molecule has 0 bridgehead atoms. The van der Waals surface area contributed by atoms with Crippen LogP contribution in [0, 0.1) is 10.1 Å². The number of fused-ring (bicyclic) bond motifs is 2. The topological polar surface area (TPSA) is 75.5 Å². The molecule has 2 aromatic carbocycles. The zero-order valence-electron chi connectivity index (χ0n) is 14.5. The van der Waals surface area contributed by atoms with Crippen molar-refractivity contribution in [1.29, 1.82) is 0 Å². The van der Waals surface area contributed by atoms with Crippen molar-refractivity contribution in [2.24, 2.45) is 0 Å². The minimum atomic E-state index is -1.27. The fraction of sp³-hybridized carbons (Fsp3) is 0.316. The summed E-state index contributed by atoms with van der Waals surface area (Å²) < 4.78 is 0. The SMILES string of the molecule is CSc1ccc([C@@H]2CN(C)[C@]3(C(=O)Nc4ccccc43)[C@H]2[N+](=O)[O-])cc1. The second-order valence-electron chi connectivity index (χ2n) is 6.76. The molecule has 7 heteroatoms. The molecule has 2 aliphatic rings. The predicted octanol–water partition coefficient (Wildman–Crippen LogP) is 2.93. The third-order valence-electron chi connectivity index (χ3n) is 5.58. The van der Waals surface area contributed by atoms with E-state index in [1.807, 2.05) is 53.6 Å². The number of hydrogen-bond donors (Lipinski definition) is 1. The molecule has 2 aliphatic heterocycles. The Morgan fingerprint density at radius 3 is 2.58 bits per heavy atom. The molecule has 26 heavy (non-hydrogen) atoms. The van der Waals surface area contributed by atoms with E-state index in [4.69, 9.17) is 0 Å². The third-order valence-corrected chi connectivity index (χ3v) is 6.33. The molecule has 1 saturated heterocycles. The highest BCUT2D eigenvalue weighted by molar-refractivity contribution is 7.98. The van der Waals surface area contributed by atoms with Gasteiger partial charge in [0.25, 0.3) is 11.9 Å². The first-order chi connectivity index (χ1) is 12.5. The van der Waals surface area contributed by atoms with Gasteiger partial charge in [-0.05, 0) is 37.1 Å². The smallest absolute Gasteiger partial charge is 0.256 e. The van der Waals surface area contributed by atoms with Gasteiger partial charge in [0.1, 0.15) is 0 Å². The Kier molecular flexibility index (Phi) is 4.00. The molecule has 0 aliphatic carbocycles. The van der Waals surface area contributed by atoms with E-state index in [2.05, 4.69) is 5.32 Å². The van der Waals surface area contributed by atoms with Crippen molar-refractivity contribution in [2.75, 3.05) is 25.2 Å². The van der Waals surface area contributed by atoms with Crippen LogP contribution in [0.25, 0.3) is 0 Å². The summed E-state index contributed by atoms with van der Waals surface area (Å²) >= 11 is 1.63. The first-order valence-electron chi connectivity index (χ1n) is 8.39. The number of carbonyl (C=O) groups is 1. The minimum absolute atomic E-state index is 0.279. The van der Waals surface area contributed by atoms with Crippen LogP contribution in [0.1, 0.15) is 17.0 Å². The van der Waals surface area contributed by atoms with Crippen molar-refractivity contribution in [3.63, 3.8) is 0 Å². The van der Waals surface area contributed by atoms with Gasteiger partial charge in [0.2, 0.25) is 0 Å². The number of nitrogens with one attached hydrogen (secondary N) is 1. The number of rotatable bonds is 3. The van der Waals surface area contributed by atoms with Gasteiger partial charge in [-0.3, -0.25) is 19.8 Å². The Hall–Kier alpha value is -2.38. The highest BCUT2D eigenvalue weighted by atomic mass is 32.2. The van der Waals surface area contributed by atoms with Crippen LogP contribution in [0.3, 0.4) is 0 Å². The molecule has 2 heterocycles. The number of likely N-dealkylation sites (tertiary alicyclic amines) is 1. The zero-order valence-corrected chi connectivity index (χ0v) is 15.3. The summed E-state index contributed by atoms with van der Waals surface area (Å²) in [7, 11) is 1.80. The number of carbonyl (C=O) groups excluding carboxylic acids is 1. The van der Waals surface area contributed by atoms with Crippen LogP contribution in [-0.2, 0) is 10.3 Å². The molecule has 0 unspecified atom stereocenters. The maximum atomic E-state index is 13.0. The number of nitro groups is 1. The molecule has 6 nitrogen and oxygen atoms in total. The largest absolute Gasteiger partial charge is 0.324 e. The summed E-state index contributed by atoms with van der Waals surface area (Å²) in [6.07, 6.45) is 1.99. The molecule has 0 aromatic heterocycles. The summed E-state index contributed by atoms with van der Waals surface area (Å²) in [5.41, 5.74) is 0.973. The third kappa shape index (κ3) is 2.20. The fourth-order valence-electron chi connectivity index (χ4n) is 4.43. The molecule has 1 amide bonds. The lowest BCUT2D eigenvalue weighted by Gasteiger charge is -2.30. The van der Waals surface area contributed by atoms with E-state index in [0.717, 1.165) is 10.5 Å². The number of nitrogens with zero attached hydrogens (tertiary/aromatic N) is 2. The quantitative estimate of drug-likeness (QED) is 0.511. The Bertz CT molecular complexity index is 886. The van der Waals surface area contributed by atoms with Crippen molar-refractivity contribution in [1.82, 2.24) is 4.90 Å². The van der Waals surface area contributed by atoms with Crippen LogP contribution in [0.5, 0.6) is 0 Å². The van der Waals surface area contributed by atoms with Gasteiger partial charge < -0.3 is 5.32 Å². The van der Waals surface area contributed by atoms with Gasteiger partial charge in [0, 0.05) is 27.6 Å². The Morgan fingerprint density at radius 2 is 1.92 bits per heavy atom. The standard InChI is InChI=1S/C19H19N3O3S/c1-21-11-14(12-7-9-13(26-2)10-8-12)17(22(24)25)19(21)15-5-3-4-6-16(15)20-18(19)23/h3-10,14,17H,11H2,1-2H3,(H,20,23)/t14-,17-,19-/m0/s1. The van der Waals surface area contributed by atoms with E-state index in [9.17, 15) is 14.9 Å². The van der Waals surface area contributed by atoms with Gasteiger partial charge in [-0.15, -0.1) is 11.8 Å². The van der Waals surface area contributed by atoms with E-state index >= 15 is 0 Å². The average molecular weight is 369 g/mol. The maximum absolute atomic E-state index is 13.0. The lowest BCUT2D eigenvalue weighted by atomic mass is 9.79. The number of thioether (sulfide) groups is 1.